The van der Waals surface area contributed by atoms with E-state index in [1.807, 2.05) is 37.3 Å². The standard InChI is InChI=1S/C29H32N2O5/c1-17-9-11-23-24(13-17)28(34)31(27(23)33)25-12-10-22(14-18(25)2)36-29(35)21-15-26(32)30(16-21)19(3)20-7-5-4-6-8-20/h4-8,10,12,14,17,19,21,23-24H,9,11,13,15-16H2,1-3H3/t17-,19-,21-,23-,24-/m1/s1. The summed E-state index contributed by atoms with van der Waals surface area (Å²) in [6, 6.07) is 14.6. The van der Waals surface area contributed by atoms with Crippen LogP contribution in [0.3, 0.4) is 0 Å². The Morgan fingerprint density at radius 3 is 2.44 bits per heavy atom. The molecule has 0 radical (unpaired) electrons. The van der Waals surface area contributed by atoms with Gasteiger partial charge in [0.1, 0.15) is 5.75 Å². The van der Waals surface area contributed by atoms with Gasteiger partial charge >= 0.3 is 5.97 Å². The summed E-state index contributed by atoms with van der Waals surface area (Å²) in [5, 5.41) is 0. The van der Waals surface area contributed by atoms with Crippen LogP contribution in [0.4, 0.5) is 5.69 Å². The molecule has 0 N–H and O–H groups in total. The number of rotatable bonds is 5. The zero-order chi connectivity index (χ0) is 25.6. The van der Waals surface area contributed by atoms with E-state index < -0.39 is 11.9 Å². The van der Waals surface area contributed by atoms with Crippen LogP contribution in [-0.4, -0.2) is 35.1 Å². The molecule has 5 atom stereocenters. The predicted octanol–water partition coefficient (Wildman–Crippen LogP) is 4.44. The van der Waals surface area contributed by atoms with Gasteiger partial charge in [-0.2, -0.15) is 0 Å². The number of benzene rings is 2. The molecule has 1 aliphatic carbocycles. The summed E-state index contributed by atoms with van der Waals surface area (Å²) in [6.45, 7) is 6.20. The first-order valence-electron chi connectivity index (χ1n) is 12.8. The molecule has 0 aromatic heterocycles. The van der Waals surface area contributed by atoms with Gasteiger partial charge in [0.15, 0.2) is 0 Å². The Labute approximate surface area is 211 Å². The Morgan fingerprint density at radius 2 is 1.72 bits per heavy atom. The van der Waals surface area contributed by atoms with Crippen molar-refractivity contribution in [2.75, 3.05) is 11.4 Å². The molecule has 1 saturated carbocycles. The van der Waals surface area contributed by atoms with Gasteiger partial charge in [0, 0.05) is 13.0 Å². The van der Waals surface area contributed by atoms with Crippen molar-refractivity contribution in [2.45, 2.75) is 52.5 Å². The van der Waals surface area contributed by atoms with Crippen molar-refractivity contribution < 1.29 is 23.9 Å². The van der Waals surface area contributed by atoms with E-state index in [0.717, 1.165) is 24.8 Å². The molecule has 7 heteroatoms. The molecule has 2 heterocycles. The Balaban J connectivity index is 1.26. The first kappa shape index (κ1) is 24.2. The molecule has 5 rings (SSSR count). The quantitative estimate of drug-likeness (QED) is 0.353. The maximum absolute atomic E-state index is 13.1. The van der Waals surface area contributed by atoms with E-state index in [1.165, 1.54) is 4.90 Å². The fraction of sp³-hybridized carbons (Fsp3) is 0.448. The molecule has 0 bridgehead atoms. The van der Waals surface area contributed by atoms with Crippen LogP contribution >= 0.6 is 0 Å². The molecule has 2 saturated heterocycles. The lowest BCUT2D eigenvalue weighted by Gasteiger charge is -2.25. The van der Waals surface area contributed by atoms with Crippen LogP contribution in [0.2, 0.25) is 0 Å². The Hall–Kier alpha value is -3.48. The van der Waals surface area contributed by atoms with Gasteiger partial charge in [-0.15, -0.1) is 0 Å². The molecule has 3 fully saturated rings. The number of esters is 1. The van der Waals surface area contributed by atoms with Gasteiger partial charge in [0.25, 0.3) is 0 Å². The van der Waals surface area contributed by atoms with Crippen molar-refractivity contribution >= 4 is 29.4 Å². The third-order valence-electron chi connectivity index (χ3n) is 8.06. The number of amides is 3. The van der Waals surface area contributed by atoms with Crippen molar-refractivity contribution in [3.05, 3.63) is 59.7 Å². The smallest absolute Gasteiger partial charge is 0.316 e. The van der Waals surface area contributed by atoms with E-state index >= 15 is 0 Å². The number of ether oxygens (including phenoxy) is 1. The number of aryl methyl sites for hydroxylation is 1. The fourth-order valence-electron chi connectivity index (χ4n) is 5.94. The lowest BCUT2D eigenvalue weighted by atomic mass is 9.76. The summed E-state index contributed by atoms with van der Waals surface area (Å²) in [5.41, 5.74) is 2.26. The highest BCUT2D eigenvalue weighted by Gasteiger charge is 2.50. The van der Waals surface area contributed by atoms with Crippen LogP contribution in [0.25, 0.3) is 0 Å². The summed E-state index contributed by atoms with van der Waals surface area (Å²) in [5.74, 6) is -0.994. The first-order chi connectivity index (χ1) is 17.2. The topological polar surface area (TPSA) is 84.0 Å². The average molecular weight is 489 g/mol. The highest BCUT2D eigenvalue weighted by molar-refractivity contribution is 6.22. The van der Waals surface area contributed by atoms with Gasteiger partial charge in [0.05, 0.1) is 29.5 Å². The molecule has 2 aliphatic heterocycles. The molecule has 2 aromatic rings. The number of anilines is 1. The summed E-state index contributed by atoms with van der Waals surface area (Å²) in [7, 11) is 0. The molecular formula is C29H32N2O5. The monoisotopic (exact) mass is 488 g/mol. The van der Waals surface area contributed by atoms with Crippen LogP contribution in [0.1, 0.15) is 56.7 Å². The lowest BCUT2D eigenvalue weighted by molar-refractivity contribution is -0.139. The molecular weight excluding hydrogens is 456 g/mol. The zero-order valence-electron chi connectivity index (χ0n) is 21.0. The third kappa shape index (κ3) is 4.31. The van der Waals surface area contributed by atoms with E-state index in [4.69, 9.17) is 4.74 Å². The van der Waals surface area contributed by atoms with E-state index in [1.54, 1.807) is 30.0 Å². The van der Waals surface area contributed by atoms with E-state index in [2.05, 4.69) is 6.92 Å². The van der Waals surface area contributed by atoms with Gasteiger partial charge in [0.2, 0.25) is 17.7 Å². The molecule has 0 unspecified atom stereocenters. The molecule has 7 nitrogen and oxygen atoms in total. The number of likely N-dealkylation sites (tertiary alicyclic amines) is 1. The van der Waals surface area contributed by atoms with Crippen molar-refractivity contribution in [2.24, 2.45) is 23.7 Å². The molecule has 0 spiro atoms. The third-order valence-corrected chi connectivity index (χ3v) is 8.06. The van der Waals surface area contributed by atoms with Gasteiger partial charge in [-0.05, 0) is 68.4 Å². The van der Waals surface area contributed by atoms with Gasteiger partial charge in [-0.1, -0.05) is 37.3 Å². The SMILES string of the molecule is Cc1cc(OC(=O)[C@@H]2CC(=O)N([C@H](C)c3ccccc3)C2)ccc1N1C(=O)[C@@H]2CC[C@@H](C)C[C@H]2C1=O. The zero-order valence-corrected chi connectivity index (χ0v) is 21.0. The minimum Gasteiger partial charge on any atom is -0.426 e. The number of nitrogens with zero attached hydrogens (tertiary/aromatic N) is 2. The highest BCUT2D eigenvalue weighted by atomic mass is 16.5. The number of carbonyl (C=O) groups is 4. The lowest BCUT2D eigenvalue weighted by Crippen LogP contribution is -2.31. The van der Waals surface area contributed by atoms with Crippen molar-refractivity contribution in [1.82, 2.24) is 4.90 Å². The average Bonchev–Trinajstić information content (AvgIpc) is 3.37. The van der Waals surface area contributed by atoms with Gasteiger partial charge in [-0.3, -0.25) is 19.2 Å². The second-order valence-electron chi connectivity index (χ2n) is 10.5. The Morgan fingerprint density at radius 1 is 1.00 bits per heavy atom. The van der Waals surface area contributed by atoms with E-state index in [0.29, 0.717) is 29.5 Å². The molecule has 2 aromatic carbocycles. The molecule has 3 amide bonds. The minimum absolute atomic E-state index is 0.0679. The molecule has 3 aliphatic rings. The summed E-state index contributed by atoms with van der Waals surface area (Å²) >= 11 is 0. The minimum atomic E-state index is -0.546. The van der Waals surface area contributed by atoms with Crippen LogP contribution < -0.4 is 9.64 Å². The van der Waals surface area contributed by atoms with Gasteiger partial charge < -0.3 is 9.64 Å². The van der Waals surface area contributed by atoms with Crippen molar-refractivity contribution in [3.8, 4) is 5.75 Å². The second-order valence-corrected chi connectivity index (χ2v) is 10.5. The van der Waals surface area contributed by atoms with Crippen molar-refractivity contribution in [1.29, 1.82) is 0 Å². The van der Waals surface area contributed by atoms with Crippen LogP contribution in [0.5, 0.6) is 5.75 Å². The summed E-state index contributed by atoms with van der Waals surface area (Å²) < 4.78 is 5.64. The normalized spacial score (nSPS) is 26.8. The van der Waals surface area contributed by atoms with Crippen LogP contribution in [0.15, 0.2) is 48.5 Å². The Bertz CT molecular complexity index is 1210. The maximum atomic E-state index is 13.1. The Kier molecular flexibility index (Phi) is 6.41. The first-order valence-corrected chi connectivity index (χ1v) is 12.8. The number of hydrogen-bond acceptors (Lipinski definition) is 5. The van der Waals surface area contributed by atoms with E-state index in [9.17, 15) is 19.2 Å². The fourth-order valence-corrected chi connectivity index (χ4v) is 5.94. The van der Waals surface area contributed by atoms with Gasteiger partial charge in [-0.25, -0.2) is 4.90 Å². The largest absolute Gasteiger partial charge is 0.426 e. The van der Waals surface area contributed by atoms with Crippen molar-refractivity contribution in [3.63, 3.8) is 0 Å². The van der Waals surface area contributed by atoms with Crippen LogP contribution in [-0.2, 0) is 19.2 Å². The second kappa shape index (κ2) is 9.52. The number of carbonyl (C=O) groups excluding carboxylic acids is 4. The number of imide groups is 1. The highest BCUT2D eigenvalue weighted by Crippen LogP contribution is 2.43. The predicted molar refractivity (Wildman–Crippen MR) is 134 cm³/mol. The summed E-state index contributed by atoms with van der Waals surface area (Å²) in [4.78, 5) is 54.7. The molecule has 36 heavy (non-hydrogen) atoms. The molecule has 188 valence electrons. The van der Waals surface area contributed by atoms with E-state index in [-0.39, 0.29) is 42.0 Å². The maximum Gasteiger partial charge on any atom is 0.316 e. The number of fused-ring (bicyclic) bond motifs is 1. The summed E-state index contributed by atoms with van der Waals surface area (Å²) in [6.07, 6.45) is 2.58. The van der Waals surface area contributed by atoms with Crippen LogP contribution in [0, 0.1) is 30.6 Å². The number of hydrogen-bond donors (Lipinski definition) is 0.